The number of benzene rings is 1. The fourth-order valence-electron chi connectivity index (χ4n) is 5.16. The van der Waals surface area contributed by atoms with E-state index in [1.807, 2.05) is 15.5 Å². The number of rotatable bonds is 7. The lowest BCUT2D eigenvalue weighted by molar-refractivity contribution is -0.134. The summed E-state index contributed by atoms with van der Waals surface area (Å²) in [4.78, 5) is 31.6. The Labute approximate surface area is 202 Å². The third-order valence-corrected chi connectivity index (χ3v) is 6.78. The quantitative estimate of drug-likeness (QED) is 0.508. The van der Waals surface area contributed by atoms with E-state index in [0.717, 1.165) is 12.1 Å². The maximum Gasteiger partial charge on any atom is 0.250 e. The molecule has 3 aromatic rings. The van der Waals surface area contributed by atoms with Gasteiger partial charge in [-0.15, -0.1) is 0 Å². The van der Waals surface area contributed by atoms with Crippen molar-refractivity contribution in [1.82, 2.24) is 19.6 Å². The van der Waals surface area contributed by atoms with Gasteiger partial charge in [0.15, 0.2) is 11.5 Å². The van der Waals surface area contributed by atoms with Crippen LogP contribution < -0.4 is 19.8 Å². The highest BCUT2D eigenvalue weighted by molar-refractivity contribution is 5.76. The summed E-state index contributed by atoms with van der Waals surface area (Å²) in [5, 5.41) is 4.07. The molecule has 1 aromatic carbocycles. The number of aryl methyl sites for hydroxylation is 1. The number of aromatic nitrogens is 3. The lowest BCUT2D eigenvalue weighted by Gasteiger charge is -2.42. The number of amides is 1. The van der Waals surface area contributed by atoms with Gasteiger partial charge in [-0.05, 0) is 30.5 Å². The van der Waals surface area contributed by atoms with Crippen LogP contribution in [0.4, 0.5) is 0 Å². The standard InChI is InChI=1S/C25H28N4O6/c1-32-19-10-16(11-20(33-2)24(19)34-3)25-26-21(35-27-25)7-8-22(30)28-12-15-9-17(14-28)18-5-4-6-23(31)29(18)13-15/h4-6,10-11,15,17H,7-9,12-14H2,1-3H3/t15-,17+/m0/s1. The molecule has 0 unspecified atom stereocenters. The molecule has 4 heterocycles. The second-order valence-corrected chi connectivity index (χ2v) is 8.92. The van der Waals surface area contributed by atoms with Crippen LogP contribution in [0.25, 0.3) is 11.4 Å². The van der Waals surface area contributed by atoms with Crippen molar-refractivity contribution in [2.24, 2.45) is 5.92 Å². The highest BCUT2D eigenvalue weighted by Gasteiger charge is 2.36. The summed E-state index contributed by atoms with van der Waals surface area (Å²) in [6.45, 7) is 1.95. The van der Waals surface area contributed by atoms with Gasteiger partial charge in [0.1, 0.15) is 0 Å². The Morgan fingerprint density at radius 3 is 2.57 bits per heavy atom. The van der Waals surface area contributed by atoms with Crippen LogP contribution in [0.3, 0.4) is 0 Å². The predicted octanol–water partition coefficient (Wildman–Crippen LogP) is 2.50. The summed E-state index contributed by atoms with van der Waals surface area (Å²) >= 11 is 0. The van der Waals surface area contributed by atoms with E-state index < -0.39 is 0 Å². The number of pyridine rings is 1. The molecule has 2 aliphatic heterocycles. The van der Waals surface area contributed by atoms with Crippen molar-refractivity contribution < 1.29 is 23.5 Å². The lowest BCUT2D eigenvalue weighted by atomic mass is 9.83. The van der Waals surface area contributed by atoms with E-state index in [1.165, 1.54) is 7.11 Å². The first-order valence-corrected chi connectivity index (χ1v) is 11.6. The SMILES string of the molecule is COc1cc(-c2noc(CCC(=O)N3C[C@@H]4C[C@H](C3)c3cccc(=O)n3C4)n2)cc(OC)c1OC. The highest BCUT2D eigenvalue weighted by Crippen LogP contribution is 2.40. The Balaban J connectivity index is 1.25. The molecule has 2 atom stereocenters. The molecule has 2 aromatic heterocycles. The summed E-state index contributed by atoms with van der Waals surface area (Å²) in [6.07, 6.45) is 1.63. The lowest BCUT2D eigenvalue weighted by Crippen LogP contribution is -2.49. The first kappa shape index (κ1) is 22.9. The number of hydrogen-bond acceptors (Lipinski definition) is 8. The Morgan fingerprint density at radius 2 is 1.86 bits per heavy atom. The van der Waals surface area contributed by atoms with Gasteiger partial charge < -0.3 is 28.2 Å². The van der Waals surface area contributed by atoms with Gasteiger partial charge in [-0.1, -0.05) is 11.2 Å². The number of ether oxygens (including phenoxy) is 3. The summed E-state index contributed by atoms with van der Waals surface area (Å²) in [6, 6.07) is 8.90. The number of likely N-dealkylation sites (tertiary alicyclic amines) is 1. The monoisotopic (exact) mass is 480 g/mol. The first-order valence-electron chi connectivity index (χ1n) is 11.6. The van der Waals surface area contributed by atoms with Crippen LogP contribution in [0, 0.1) is 5.92 Å². The molecule has 184 valence electrons. The van der Waals surface area contributed by atoms with Gasteiger partial charge in [0.2, 0.25) is 23.4 Å². The van der Waals surface area contributed by atoms with Crippen molar-refractivity contribution in [2.45, 2.75) is 31.7 Å². The number of hydrogen-bond donors (Lipinski definition) is 0. The summed E-state index contributed by atoms with van der Waals surface area (Å²) in [5.41, 5.74) is 1.72. The Kier molecular flexibility index (Phi) is 6.19. The van der Waals surface area contributed by atoms with Crippen LogP contribution in [-0.4, -0.2) is 59.9 Å². The third-order valence-electron chi connectivity index (χ3n) is 6.78. The van der Waals surface area contributed by atoms with Crippen LogP contribution in [0.15, 0.2) is 39.6 Å². The molecule has 0 saturated carbocycles. The second kappa shape index (κ2) is 9.44. The summed E-state index contributed by atoms with van der Waals surface area (Å²) in [5.74, 6) is 2.75. The molecule has 0 radical (unpaired) electrons. The van der Waals surface area contributed by atoms with E-state index >= 15 is 0 Å². The zero-order valence-corrected chi connectivity index (χ0v) is 20.0. The summed E-state index contributed by atoms with van der Waals surface area (Å²) in [7, 11) is 4.62. The third kappa shape index (κ3) is 4.36. The van der Waals surface area contributed by atoms with Crippen molar-refractivity contribution in [3.63, 3.8) is 0 Å². The van der Waals surface area contributed by atoms with Gasteiger partial charge in [-0.2, -0.15) is 4.98 Å². The zero-order valence-electron chi connectivity index (χ0n) is 20.0. The van der Waals surface area contributed by atoms with Crippen LogP contribution in [0.2, 0.25) is 0 Å². The van der Waals surface area contributed by atoms with Crippen LogP contribution in [0.5, 0.6) is 17.2 Å². The fourth-order valence-corrected chi connectivity index (χ4v) is 5.16. The van der Waals surface area contributed by atoms with Gasteiger partial charge in [0.25, 0.3) is 5.56 Å². The van der Waals surface area contributed by atoms with E-state index in [4.69, 9.17) is 18.7 Å². The molecule has 0 N–H and O–H groups in total. The number of nitrogens with zero attached hydrogens (tertiary/aromatic N) is 4. The van der Waals surface area contributed by atoms with Gasteiger partial charge in [-0.3, -0.25) is 9.59 Å². The van der Waals surface area contributed by atoms with E-state index in [9.17, 15) is 9.59 Å². The van der Waals surface area contributed by atoms with Crippen molar-refractivity contribution in [3.05, 3.63) is 52.3 Å². The molecule has 35 heavy (non-hydrogen) atoms. The van der Waals surface area contributed by atoms with Crippen molar-refractivity contribution in [1.29, 1.82) is 0 Å². The van der Waals surface area contributed by atoms with Crippen molar-refractivity contribution in [3.8, 4) is 28.6 Å². The van der Waals surface area contributed by atoms with E-state index in [0.29, 0.717) is 66.5 Å². The fraction of sp³-hybridized carbons (Fsp3) is 0.440. The van der Waals surface area contributed by atoms with E-state index in [-0.39, 0.29) is 23.8 Å². The number of carbonyl (C=O) groups is 1. The maximum absolute atomic E-state index is 13.0. The molecule has 10 heteroatoms. The van der Waals surface area contributed by atoms with Gasteiger partial charge >= 0.3 is 0 Å². The number of piperidine rings is 1. The average Bonchev–Trinajstić information content (AvgIpc) is 3.36. The Morgan fingerprint density at radius 1 is 1.09 bits per heavy atom. The zero-order chi connectivity index (χ0) is 24.5. The smallest absolute Gasteiger partial charge is 0.250 e. The van der Waals surface area contributed by atoms with Crippen LogP contribution in [-0.2, 0) is 17.8 Å². The number of carbonyl (C=O) groups excluding carboxylic acids is 1. The minimum absolute atomic E-state index is 0.0382. The molecule has 0 aliphatic carbocycles. The Bertz CT molecular complexity index is 1270. The van der Waals surface area contributed by atoms with E-state index in [1.54, 1.807) is 38.5 Å². The maximum atomic E-state index is 13.0. The highest BCUT2D eigenvalue weighted by atomic mass is 16.5. The van der Waals surface area contributed by atoms with Crippen molar-refractivity contribution in [2.75, 3.05) is 34.4 Å². The largest absolute Gasteiger partial charge is 0.493 e. The number of fused-ring (bicyclic) bond motifs is 4. The molecule has 10 nitrogen and oxygen atoms in total. The van der Waals surface area contributed by atoms with Crippen LogP contribution in [0.1, 0.15) is 30.3 Å². The van der Waals surface area contributed by atoms with E-state index in [2.05, 4.69) is 10.1 Å². The second-order valence-electron chi connectivity index (χ2n) is 8.92. The topological polar surface area (TPSA) is 109 Å². The molecule has 1 amide bonds. The first-order chi connectivity index (χ1) is 17.0. The van der Waals surface area contributed by atoms with Gasteiger partial charge in [0.05, 0.1) is 21.3 Å². The molecule has 2 bridgehead atoms. The molecular weight excluding hydrogens is 452 g/mol. The van der Waals surface area contributed by atoms with Gasteiger partial charge in [0, 0.05) is 55.7 Å². The Hall–Kier alpha value is -3.82. The van der Waals surface area contributed by atoms with Crippen LogP contribution >= 0.6 is 0 Å². The molecular formula is C25H28N4O6. The molecule has 1 saturated heterocycles. The minimum Gasteiger partial charge on any atom is -0.493 e. The normalized spacial score (nSPS) is 18.7. The van der Waals surface area contributed by atoms with Gasteiger partial charge in [-0.25, -0.2) is 0 Å². The van der Waals surface area contributed by atoms with Crippen molar-refractivity contribution >= 4 is 5.91 Å². The molecule has 5 rings (SSSR count). The number of methoxy groups -OCH3 is 3. The average molecular weight is 481 g/mol. The molecule has 0 spiro atoms. The minimum atomic E-state index is 0.0382. The summed E-state index contributed by atoms with van der Waals surface area (Å²) < 4.78 is 23.4. The molecule has 1 fully saturated rings. The predicted molar refractivity (Wildman–Crippen MR) is 126 cm³/mol. The molecule has 2 aliphatic rings.